The van der Waals surface area contributed by atoms with Gasteiger partial charge in [0.1, 0.15) is 34.1 Å². The zero-order valence-electron chi connectivity index (χ0n) is 21.6. The number of esters is 1. The van der Waals surface area contributed by atoms with Crippen LogP contribution >= 0.6 is 11.8 Å². The number of ether oxygens (including phenoxy) is 1. The maximum absolute atomic E-state index is 12.6. The summed E-state index contributed by atoms with van der Waals surface area (Å²) in [5, 5.41) is 22.8. The van der Waals surface area contributed by atoms with Crippen molar-refractivity contribution in [3.8, 4) is 23.3 Å². The Labute approximate surface area is 226 Å². The summed E-state index contributed by atoms with van der Waals surface area (Å²) in [6, 6.07) is 20.6. The summed E-state index contributed by atoms with van der Waals surface area (Å²) in [4.78, 5) is 28.8. The van der Waals surface area contributed by atoms with Gasteiger partial charge in [-0.3, -0.25) is 9.59 Å². The van der Waals surface area contributed by atoms with Gasteiger partial charge in [-0.05, 0) is 50.5 Å². The minimum atomic E-state index is -0.533. The molecule has 3 rings (SSSR count). The minimum absolute atomic E-state index is 0.0624. The summed E-state index contributed by atoms with van der Waals surface area (Å²) in [5.41, 5.74) is 8.52. The molecule has 38 heavy (non-hydrogen) atoms. The number of nitriles is 2. The predicted octanol–water partition coefficient (Wildman–Crippen LogP) is 5.22. The van der Waals surface area contributed by atoms with E-state index >= 15 is 0 Å². The van der Waals surface area contributed by atoms with Gasteiger partial charge in [-0.2, -0.15) is 10.5 Å². The van der Waals surface area contributed by atoms with Crippen molar-refractivity contribution in [2.75, 3.05) is 12.3 Å². The first kappa shape index (κ1) is 28.2. The highest BCUT2D eigenvalue weighted by Gasteiger charge is 2.20. The first-order chi connectivity index (χ1) is 18.1. The van der Waals surface area contributed by atoms with Gasteiger partial charge in [0.25, 0.3) is 5.91 Å². The zero-order valence-corrected chi connectivity index (χ0v) is 22.4. The van der Waals surface area contributed by atoms with Crippen molar-refractivity contribution in [3.63, 3.8) is 0 Å². The third kappa shape index (κ3) is 7.58. The number of nitrogens with two attached hydrogens (primary N) is 1. The van der Waals surface area contributed by atoms with Gasteiger partial charge in [0, 0.05) is 29.8 Å². The molecule has 0 radical (unpaired) electrons. The number of pyridine rings is 1. The molecule has 194 valence electrons. The highest BCUT2D eigenvalue weighted by molar-refractivity contribution is 7.98. The predicted molar refractivity (Wildman–Crippen MR) is 147 cm³/mol. The summed E-state index contributed by atoms with van der Waals surface area (Å²) >= 11 is 1.31. The SMILES string of the molecule is CC(C)(C)OC(=O)CCCNC(=O)c1cccc(CSc2nc(N)c(C#N)c(-c3ccccc3)c2C#N)c1. The van der Waals surface area contributed by atoms with Crippen LogP contribution in [0.5, 0.6) is 0 Å². The number of nitrogens with zero attached hydrogens (tertiary/aromatic N) is 3. The number of thioether (sulfide) groups is 1. The minimum Gasteiger partial charge on any atom is -0.460 e. The van der Waals surface area contributed by atoms with E-state index in [0.717, 1.165) is 5.56 Å². The molecule has 2 aromatic carbocycles. The molecular formula is C29H29N5O3S. The number of hydrogen-bond donors (Lipinski definition) is 2. The zero-order chi connectivity index (χ0) is 27.7. The largest absolute Gasteiger partial charge is 0.460 e. The lowest BCUT2D eigenvalue weighted by molar-refractivity contribution is -0.154. The Bertz CT molecular complexity index is 1400. The molecule has 0 saturated carbocycles. The fourth-order valence-electron chi connectivity index (χ4n) is 3.68. The second-order valence-electron chi connectivity index (χ2n) is 9.45. The average Bonchev–Trinajstić information content (AvgIpc) is 2.89. The maximum atomic E-state index is 12.6. The summed E-state index contributed by atoms with van der Waals surface area (Å²) in [5.74, 6) is -0.0470. The van der Waals surface area contributed by atoms with Gasteiger partial charge in [-0.25, -0.2) is 4.98 Å². The second kappa shape index (κ2) is 12.8. The van der Waals surface area contributed by atoms with E-state index in [1.54, 1.807) is 18.2 Å². The van der Waals surface area contributed by atoms with E-state index < -0.39 is 5.60 Å². The highest BCUT2D eigenvalue weighted by Crippen LogP contribution is 2.36. The fourth-order valence-corrected chi connectivity index (χ4v) is 4.62. The number of carbonyl (C=O) groups excluding carboxylic acids is 2. The molecule has 0 unspecified atom stereocenters. The number of carbonyl (C=O) groups is 2. The van der Waals surface area contributed by atoms with Crippen molar-refractivity contribution in [3.05, 3.63) is 76.9 Å². The van der Waals surface area contributed by atoms with Gasteiger partial charge in [-0.15, -0.1) is 11.8 Å². The molecule has 0 aliphatic carbocycles. The van der Waals surface area contributed by atoms with Gasteiger partial charge >= 0.3 is 5.97 Å². The first-order valence-corrected chi connectivity index (χ1v) is 13.0. The van der Waals surface area contributed by atoms with Crippen molar-refractivity contribution in [2.45, 2.75) is 50.0 Å². The molecule has 3 N–H and O–H groups in total. The Hall–Kier alpha value is -4.34. The normalized spacial score (nSPS) is 10.8. The smallest absolute Gasteiger partial charge is 0.306 e. The Morgan fingerprint density at radius 2 is 1.76 bits per heavy atom. The first-order valence-electron chi connectivity index (χ1n) is 12.0. The Morgan fingerprint density at radius 3 is 2.42 bits per heavy atom. The standard InChI is InChI=1S/C29H29N5O3S/c1-29(2,3)37-24(35)13-8-14-33-27(36)21-12-7-9-19(15-21)18-38-28-23(17-31)25(20-10-5-4-6-11-20)22(16-30)26(32)34-28/h4-7,9-12,15H,8,13-14,18H2,1-3H3,(H2,32,34)(H,33,36). The monoisotopic (exact) mass is 527 g/mol. The average molecular weight is 528 g/mol. The number of nitrogen functional groups attached to an aromatic ring is 1. The topological polar surface area (TPSA) is 142 Å². The second-order valence-corrected chi connectivity index (χ2v) is 10.4. The molecule has 0 spiro atoms. The molecule has 1 heterocycles. The Morgan fingerprint density at radius 1 is 1.05 bits per heavy atom. The third-order valence-electron chi connectivity index (χ3n) is 5.31. The van der Waals surface area contributed by atoms with Crippen molar-refractivity contribution >= 4 is 29.5 Å². The Kier molecular flexibility index (Phi) is 9.48. The van der Waals surface area contributed by atoms with E-state index in [-0.39, 0.29) is 35.2 Å². The van der Waals surface area contributed by atoms with Crippen LogP contribution in [-0.2, 0) is 15.3 Å². The number of benzene rings is 2. The number of amides is 1. The summed E-state index contributed by atoms with van der Waals surface area (Å²) < 4.78 is 5.27. The quantitative estimate of drug-likeness (QED) is 0.219. The number of hydrogen-bond acceptors (Lipinski definition) is 8. The van der Waals surface area contributed by atoms with Crippen LogP contribution in [0, 0.1) is 22.7 Å². The molecule has 0 fully saturated rings. The summed E-state index contributed by atoms with van der Waals surface area (Å²) in [7, 11) is 0. The molecule has 9 heteroatoms. The van der Waals surface area contributed by atoms with Crippen LogP contribution in [-0.4, -0.2) is 29.0 Å². The molecule has 3 aromatic rings. The number of anilines is 1. The molecule has 1 amide bonds. The lowest BCUT2D eigenvalue weighted by atomic mass is 9.97. The van der Waals surface area contributed by atoms with E-state index in [4.69, 9.17) is 10.5 Å². The van der Waals surface area contributed by atoms with E-state index in [2.05, 4.69) is 22.4 Å². The van der Waals surface area contributed by atoms with Crippen molar-refractivity contribution in [2.24, 2.45) is 0 Å². The van der Waals surface area contributed by atoms with E-state index in [9.17, 15) is 20.1 Å². The van der Waals surface area contributed by atoms with Gasteiger partial charge in [-0.1, -0.05) is 42.5 Å². The molecule has 0 aliphatic rings. The molecule has 0 aliphatic heterocycles. The number of nitrogens with one attached hydrogen (secondary N) is 1. The van der Waals surface area contributed by atoms with Gasteiger partial charge in [0.05, 0.1) is 5.56 Å². The molecule has 0 bridgehead atoms. The van der Waals surface area contributed by atoms with E-state index in [1.165, 1.54) is 11.8 Å². The molecule has 8 nitrogen and oxygen atoms in total. The van der Waals surface area contributed by atoms with Crippen LogP contribution in [0.25, 0.3) is 11.1 Å². The lowest BCUT2D eigenvalue weighted by Gasteiger charge is -2.19. The highest BCUT2D eigenvalue weighted by atomic mass is 32.2. The molecule has 0 saturated heterocycles. The Balaban J connectivity index is 1.69. The van der Waals surface area contributed by atoms with Crippen LogP contribution in [0.4, 0.5) is 5.82 Å². The van der Waals surface area contributed by atoms with Crippen molar-refractivity contribution in [1.82, 2.24) is 10.3 Å². The van der Waals surface area contributed by atoms with Crippen LogP contribution < -0.4 is 11.1 Å². The summed E-state index contributed by atoms with van der Waals surface area (Å²) in [6.07, 6.45) is 0.698. The van der Waals surface area contributed by atoms with Crippen LogP contribution in [0.15, 0.2) is 59.6 Å². The lowest BCUT2D eigenvalue weighted by Crippen LogP contribution is -2.27. The van der Waals surface area contributed by atoms with E-state index in [0.29, 0.717) is 40.4 Å². The van der Waals surface area contributed by atoms with Crippen LogP contribution in [0.2, 0.25) is 0 Å². The molecule has 1 aromatic heterocycles. The third-order valence-corrected chi connectivity index (χ3v) is 6.35. The van der Waals surface area contributed by atoms with Crippen LogP contribution in [0.1, 0.15) is 60.7 Å². The van der Waals surface area contributed by atoms with Gasteiger partial charge in [0.2, 0.25) is 0 Å². The fraction of sp³-hybridized carbons (Fsp3) is 0.276. The molecule has 0 atom stereocenters. The van der Waals surface area contributed by atoms with E-state index in [1.807, 2.05) is 57.2 Å². The van der Waals surface area contributed by atoms with Crippen molar-refractivity contribution < 1.29 is 14.3 Å². The maximum Gasteiger partial charge on any atom is 0.306 e. The number of rotatable bonds is 9. The van der Waals surface area contributed by atoms with Gasteiger partial charge < -0.3 is 15.8 Å². The van der Waals surface area contributed by atoms with Crippen molar-refractivity contribution in [1.29, 1.82) is 10.5 Å². The molecular weight excluding hydrogens is 498 g/mol. The van der Waals surface area contributed by atoms with Crippen LogP contribution in [0.3, 0.4) is 0 Å². The summed E-state index contributed by atoms with van der Waals surface area (Å²) in [6.45, 7) is 5.79. The van der Waals surface area contributed by atoms with Gasteiger partial charge in [0.15, 0.2) is 0 Å². The number of aromatic nitrogens is 1.